The molecule has 0 spiro atoms. The SMILES string of the molecule is COc1ccc(C(=O)/C=C/c2cccc(Br)c2)cc1OC. The van der Waals surface area contributed by atoms with Crippen LogP contribution in [0.5, 0.6) is 11.5 Å². The van der Waals surface area contributed by atoms with Crippen molar-refractivity contribution in [2.45, 2.75) is 0 Å². The molecule has 2 aromatic rings. The minimum Gasteiger partial charge on any atom is -0.493 e. The van der Waals surface area contributed by atoms with Gasteiger partial charge in [0.15, 0.2) is 17.3 Å². The Bertz CT molecular complexity index is 677. The van der Waals surface area contributed by atoms with Crippen LogP contribution in [0, 0.1) is 0 Å². The molecule has 0 unspecified atom stereocenters. The largest absolute Gasteiger partial charge is 0.493 e. The molecule has 21 heavy (non-hydrogen) atoms. The van der Waals surface area contributed by atoms with E-state index >= 15 is 0 Å². The predicted molar refractivity (Wildman–Crippen MR) is 87.1 cm³/mol. The van der Waals surface area contributed by atoms with E-state index in [1.54, 1.807) is 44.6 Å². The van der Waals surface area contributed by atoms with Crippen molar-refractivity contribution in [3.8, 4) is 11.5 Å². The van der Waals surface area contributed by atoms with Crippen LogP contribution in [0.1, 0.15) is 15.9 Å². The topological polar surface area (TPSA) is 35.5 Å². The maximum Gasteiger partial charge on any atom is 0.185 e. The zero-order valence-electron chi connectivity index (χ0n) is 11.8. The molecule has 0 radical (unpaired) electrons. The summed E-state index contributed by atoms with van der Waals surface area (Å²) in [4.78, 5) is 12.2. The molecular formula is C17H15BrO3. The van der Waals surface area contributed by atoms with E-state index in [1.807, 2.05) is 24.3 Å². The number of allylic oxidation sites excluding steroid dienone is 1. The number of hydrogen-bond acceptors (Lipinski definition) is 3. The third-order valence-corrected chi connectivity index (χ3v) is 3.44. The van der Waals surface area contributed by atoms with Gasteiger partial charge in [-0.15, -0.1) is 0 Å². The number of hydrogen-bond donors (Lipinski definition) is 0. The van der Waals surface area contributed by atoms with Crippen LogP contribution in [-0.4, -0.2) is 20.0 Å². The molecule has 0 aromatic heterocycles. The smallest absolute Gasteiger partial charge is 0.185 e. The lowest BCUT2D eigenvalue weighted by atomic mass is 10.1. The molecule has 0 heterocycles. The first-order valence-corrected chi connectivity index (χ1v) is 7.13. The Morgan fingerprint density at radius 2 is 1.81 bits per heavy atom. The van der Waals surface area contributed by atoms with Crippen molar-refractivity contribution in [2.75, 3.05) is 14.2 Å². The number of ketones is 1. The van der Waals surface area contributed by atoms with Gasteiger partial charge in [-0.05, 0) is 42.0 Å². The molecule has 3 nitrogen and oxygen atoms in total. The maximum atomic E-state index is 12.2. The van der Waals surface area contributed by atoms with Crippen molar-refractivity contribution in [2.24, 2.45) is 0 Å². The summed E-state index contributed by atoms with van der Waals surface area (Å²) in [6.07, 6.45) is 3.33. The van der Waals surface area contributed by atoms with Crippen LogP contribution < -0.4 is 9.47 Å². The lowest BCUT2D eigenvalue weighted by Gasteiger charge is -2.07. The van der Waals surface area contributed by atoms with Gasteiger partial charge in [-0.1, -0.05) is 34.1 Å². The van der Waals surface area contributed by atoms with Crippen LogP contribution >= 0.6 is 15.9 Å². The fraction of sp³-hybridized carbons (Fsp3) is 0.118. The fourth-order valence-corrected chi connectivity index (χ4v) is 2.28. The first-order chi connectivity index (χ1) is 10.1. The second-order valence-electron chi connectivity index (χ2n) is 4.32. The van der Waals surface area contributed by atoms with E-state index in [1.165, 1.54) is 0 Å². The number of carbonyl (C=O) groups is 1. The number of benzene rings is 2. The van der Waals surface area contributed by atoms with Gasteiger partial charge in [0.2, 0.25) is 0 Å². The van der Waals surface area contributed by atoms with E-state index < -0.39 is 0 Å². The molecule has 0 bridgehead atoms. The predicted octanol–water partition coefficient (Wildman–Crippen LogP) is 4.36. The second kappa shape index (κ2) is 7.09. The monoisotopic (exact) mass is 346 g/mol. The normalized spacial score (nSPS) is 10.6. The van der Waals surface area contributed by atoms with E-state index in [0.29, 0.717) is 17.1 Å². The fourth-order valence-electron chi connectivity index (χ4n) is 1.87. The highest BCUT2D eigenvalue weighted by atomic mass is 79.9. The van der Waals surface area contributed by atoms with Crippen LogP contribution in [0.3, 0.4) is 0 Å². The number of ether oxygens (including phenoxy) is 2. The van der Waals surface area contributed by atoms with Crippen LogP contribution in [-0.2, 0) is 0 Å². The third kappa shape index (κ3) is 3.95. The number of carbonyl (C=O) groups excluding carboxylic acids is 1. The average molecular weight is 347 g/mol. The molecule has 0 atom stereocenters. The number of methoxy groups -OCH3 is 2. The summed E-state index contributed by atoms with van der Waals surface area (Å²) >= 11 is 3.40. The quantitative estimate of drug-likeness (QED) is 0.595. The second-order valence-corrected chi connectivity index (χ2v) is 5.24. The lowest BCUT2D eigenvalue weighted by molar-refractivity contribution is 0.104. The molecule has 0 aliphatic heterocycles. The molecular weight excluding hydrogens is 332 g/mol. The Hall–Kier alpha value is -2.07. The zero-order chi connectivity index (χ0) is 15.2. The molecule has 0 saturated heterocycles. The molecule has 0 amide bonds. The molecule has 0 N–H and O–H groups in total. The summed E-state index contributed by atoms with van der Waals surface area (Å²) in [5.74, 6) is 1.06. The van der Waals surface area contributed by atoms with E-state index in [-0.39, 0.29) is 5.78 Å². The highest BCUT2D eigenvalue weighted by molar-refractivity contribution is 9.10. The Morgan fingerprint density at radius 1 is 1.05 bits per heavy atom. The van der Waals surface area contributed by atoms with E-state index in [4.69, 9.17) is 9.47 Å². The summed E-state index contributed by atoms with van der Waals surface area (Å²) in [5.41, 5.74) is 1.51. The minimum atomic E-state index is -0.0871. The van der Waals surface area contributed by atoms with Gasteiger partial charge >= 0.3 is 0 Å². The average Bonchev–Trinajstić information content (AvgIpc) is 2.52. The molecule has 0 aliphatic carbocycles. The standard InChI is InChI=1S/C17H15BrO3/c1-20-16-9-7-13(11-17(16)21-2)15(19)8-6-12-4-3-5-14(18)10-12/h3-11H,1-2H3/b8-6+. The van der Waals surface area contributed by atoms with Crippen LogP contribution in [0.2, 0.25) is 0 Å². The van der Waals surface area contributed by atoms with Gasteiger partial charge in [-0.2, -0.15) is 0 Å². The van der Waals surface area contributed by atoms with Crippen molar-refractivity contribution in [3.63, 3.8) is 0 Å². The van der Waals surface area contributed by atoms with E-state index in [0.717, 1.165) is 10.0 Å². The number of halogens is 1. The van der Waals surface area contributed by atoms with Gasteiger partial charge < -0.3 is 9.47 Å². The van der Waals surface area contributed by atoms with Crippen molar-refractivity contribution < 1.29 is 14.3 Å². The maximum absolute atomic E-state index is 12.2. The molecule has 4 heteroatoms. The van der Waals surface area contributed by atoms with Crippen molar-refractivity contribution in [1.29, 1.82) is 0 Å². The summed E-state index contributed by atoms with van der Waals surface area (Å²) in [6.45, 7) is 0. The van der Waals surface area contributed by atoms with Crippen molar-refractivity contribution in [3.05, 3.63) is 64.1 Å². The van der Waals surface area contributed by atoms with Gasteiger partial charge in [0.05, 0.1) is 14.2 Å². The summed E-state index contributed by atoms with van der Waals surface area (Å²) in [5, 5.41) is 0. The molecule has 0 saturated carbocycles. The Labute approximate surface area is 132 Å². The Kier molecular flexibility index (Phi) is 5.17. The molecule has 0 fully saturated rings. The summed E-state index contributed by atoms with van der Waals surface area (Å²) in [7, 11) is 3.11. The molecule has 2 rings (SSSR count). The van der Waals surface area contributed by atoms with Crippen molar-refractivity contribution in [1.82, 2.24) is 0 Å². The van der Waals surface area contributed by atoms with E-state index in [9.17, 15) is 4.79 Å². The van der Waals surface area contributed by atoms with Gasteiger partial charge in [-0.25, -0.2) is 0 Å². The van der Waals surface area contributed by atoms with Crippen molar-refractivity contribution >= 4 is 27.8 Å². The van der Waals surface area contributed by atoms with Crippen LogP contribution in [0.15, 0.2) is 53.0 Å². The first-order valence-electron chi connectivity index (χ1n) is 6.34. The Balaban J connectivity index is 2.20. The van der Waals surface area contributed by atoms with Gasteiger partial charge in [0, 0.05) is 10.0 Å². The summed E-state index contributed by atoms with van der Waals surface area (Å²) in [6, 6.07) is 12.8. The first kappa shape index (κ1) is 15.3. The molecule has 108 valence electrons. The summed E-state index contributed by atoms with van der Waals surface area (Å²) < 4.78 is 11.3. The lowest BCUT2D eigenvalue weighted by Crippen LogP contribution is -1.97. The zero-order valence-corrected chi connectivity index (χ0v) is 13.4. The number of rotatable bonds is 5. The third-order valence-electron chi connectivity index (χ3n) is 2.94. The van der Waals surface area contributed by atoms with Gasteiger partial charge in [-0.3, -0.25) is 4.79 Å². The van der Waals surface area contributed by atoms with Gasteiger partial charge in [0.1, 0.15) is 0 Å². The Morgan fingerprint density at radius 3 is 2.48 bits per heavy atom. The highest BCUT2D eigenvalue weighted by Crippen LogP contribution is 2.27. The molecule has 0 aliphatic rings. The minimum absolute atomic E-state index is 0.0871. The van der Waals surface area contributed by atoms with Gasteiger partial charge in [0.25, 0.3) is 0 Å². The highest BCUT2D eigenvalue weighted by Gasteiger charge is 2.08. The van der Waals surface area contributed by atoms with Crippen LogP contribution in [0.4, 0.5) is 0 Å². The van der Waals surface area contributed by atoms with E-state index in [2.05, 4.69) is 15.9 Å². The van der Waals surface area contributed by atoms with Crippen LogP contribution in [0.25, 0.3) is 6.08 Å². The molecule has 2 aromatic carbocycles.